The van der Waals surface area contributed by atoms with Gasteiger partial charge in [0.25, 0.3) is 5.91 Å². The second-order valence-electron chi connectivity index (χ2n) is 2.71. The molecule has 0 aliphatic heterocycles. The van der Waals surface area contributed by atoms with Crippen LogP contribution in [0.4, 0.5) is 0 Å². The zero-order valence-electron chi connectivity index (χ0n) is 7.36. The Balaban J connectivity index is 3.24. The third-order valence-electron chi connectivity index (χ3n) is 1.65. The van der Waals surface area contributed by atoms with Crippen LogP contribution < -0.4 is 5.84 Å². The van der Waals surface area contributed by atoms with E-state index in [0.29, 0.717) is 0 Å². The lowest BCUT2D eigenvalue weighted by Gasteiger charge is -2.11. The molecule has 0 saturated heterocycles. The number of nitrogens with zero attached hydrogens (tertiary/aromatic N) is 1. The number of carbonyl (C=O) groups is 1. The Labute approximate surface area is 85.3 Å². The molecule has 0 aliphatic carbocycles. The smallest absolute Gasteiger partial charge is 0.269 e. The van der Waals surface area contributed by atoms with E-state index in [1.54, 1.807) is 0 Å². The first-order valence-electron chi connectivity index (χ1n) is 3.68. The van der Waals surface area contributed by atoms with Crippen LogP contribution >= 0.6 is 11.6 Å². The summed E-state index contributed by atoms with van der Waals surface area (Å²) in [6.45, 7) is 0. The minimum atomic E-state index is -0.551. The van der Waals surface area contributed by atoms with Crippen molar-refractivity contribution in [3.05, 3.63) is 22.7 Å². The van der Waals surface area contributed by atoms with Gasteiger partial charge < -0.3 is 10.2 Å². The molecule has 0 unspecified atom stereocenters. The van der Waals surface area contributed by atoms with Gasteiger partial charge in [-0.05, 0) is 12.1 Å². The molecule has 1 aromatic rings. The van der Waals surface area contributed by atoms with Gasteiger partial charge in [-0.15, -0.1) is 0 Å². The number of hydrogen-bond donors (Lipinski definition) is 3. The average molecular weight is 217 g/mol. The standard InChI is InChI=1S/C8H9ClN2O3/c1-11(10)8(14)4-2-3-5(12)7(13)6(4)9/h2-3,12-13H,10H2,1H3. The Morgan fingerprint density at radius 1 is 1.50 bits per heavy atom. The van der Waals surface area contributed by atoms with Crippen molar-refractivity contribution in [1.82, 2.24) is 5.01 Å². The molecule has 0 radical (unpaired) electrons. The maximum absolute atomic E-state index is 11.4. The van der Waals surface area contributed by atoms with Crippen molar-refractivity contribution >= 4 is 17.5 Å². The number of nitrogens with two attached hydrogens (primary N) is 1. The molecule has 1 rings (SSSR count). The molecule has 0 fully saturated rings. The van der Waals surface area contributed by atoms with Crippen LogP contribution in [0.3, 0.4) is 0 Å². The zero-order chi connectivity index (χ0) is 10.9. The SMILES string of the molecule is CN(N)C(=O)c1ccc(O)c(O)c1Cl. The van der Waals surface area contributed by atoms with E-state index in [0.717, 1.165) is 11.1 Å². The Kier molecular flexibility index (Phi) is 2.83. The van der Waals surface area contributed by atoms with Gasteiger partial charge in [-0.1, -0.05) is 11.6 Å². The van der Waals surface area contributed by atoms with E-state index >= 15 is 0 Å². The Hall–Kier alpha value is -1.46. The van der Waals surface area contributed by atoms with Gasteiger partial charge in [0.2, 0.25) is 0 Å². The summed E-state index contributed by atoms with van der Waals surface area (Å²) in [7, 11) is 1.35. The van der Waals surface area contributed by atoms with Gasteiger partial charge in [-0.2, -0.15) is 0 Å². The molecule has 4 N–H and O–H groups in total. The Morgan fingerprint density at radius 3 is 2.57 bits per heavy atom. The lowest BCUT2D eigenvalue weighted by molar-refractivity contribution is 0.0795. The zero-order valence-corrected chi connectivity index (χ0v) is 8.12. The molecule has 6 heteroatoms. The van der Waals surface area contributed by atoms with Crippen LogP contribution in [0.5, 0.6) is 11.5 Å². The maximum atomic E-state index is 11.4. The number of phenolic OH excluding ortho intramolecular Hbond substituents is 2. The van der Waals surface area contributed by atoms with Crippen molar-refractivity contribution < 1.29 is 15.0 Å². The number of hydrazine groups is 1. The fourth-order valence-corrected chi connectivity index (χ4v) is 1.15. The highest BCUT2D eigenvalue weighted by molar-refractivity contribution is 6.35. The summed E-state index contributed by atoms with van der Waals surface area (Å²) in [6, 6.07) is 2.45. The summed E-state index contributed by atoms with van der Waals surface area (Å²) in [5.74, 6) is 3.74. The molecule has 0 spiro atoms. The number of phenols is 2. The minimum absolute atomic E-state index is 0.0342. The third kappa shape index (κ3) is 1.73. The van der Waals surface area contributed by atoms with Crippen LogP contribution in [0.15, 0.2) is 12.1 Å². The van der Waals surface area contributed by atoms with Gasteiger partial charge >= 0.3 is 0 Å². The fourth-order valence-electron chi connectivity index (χ4n) is 0.910. The quantitative estimate of drug-likeness (QED) is 0.279. The molecule has 0 atom stereocenters. The first-order valence-corrected chi connectivity index (χ1v) is 4.06. The fraction of sp³-hybridized carbons (Fsp3) is 0.125. The van der Waals surface area contributed by atoms with E-state index in [4.69, 9.17) is 22.6 Å². The van der Waals surface area contributed by atoms with Crippen LogP contribution in [0.25, 0.3) is 0 Å². The number of aromatic hydroxyl groups is 2. The monoisotopic (exact) mass is 216 g/mol. The van der Waals surface area contributed by atoms with E-state index < -0.39 is 11.7 Å². The molecule has 76 valence electrons. The summed E-state index contributed by atoms with van der Waals surface area (Å²) >= 11 is 5.62. The van der Waals surface area contributed by atoms with Crippen LogP contribution in [-0.4, -0.2) is 28.2 Å². The van der Waals surface area contributed by atoms with Crippen molar-refractivity contribution in [2.24, 2.45) is 5.84 Å². The highest BCUT2D eigenvalue weighted by Crippen LogP contribution is 2.35. The lowest BCUT2D eigenvalue weighted by atomic mass is 10.2. The number of carbonyl (C=O) groups excluding carboxylic acids is 1. The minimum Gasteiger partial charge on any atom is -0.504 e. The number of amides is 1. The molecule has 0 heterocycles. The number of rotatable bonds is 1. The molecular formula is C8H9ClN2O3. The molecule has 0 saturated carbocycles. The second-order valence-corrected chi connectivity index (χ2v) is 3.09. The van der Waals surface area contributed by atoms with E-state index in [-0.39, 0.29) is 16.3 Å². The van der Waals surface area contributed by atoms with Crippen molar-refractivity contribution in [1.29, 1.82) is 0 Å². The van der Waals surface area contributed by atoms with Crippen LogP contribution in [-0.2, 0) is 0 Å². The number of halogens is 1. The van der Waals surface area contributed by atoms with Gasteiger partial charge in [0, 0.05) is 7.05 Å². The van der Waals surface area contributed by atoms with Crippen molar-refractivity contribution in [2.45, 2.75) is 0 Å². The second kappa shape index (κ2) is 3.73. The van der Waals surface area contributed by atoms with E-state index in [1.807, 2.05) is 0 Å². The molecule has 0 aliphatic rings. The predicted octanol–water partition coefficient (Wildman–Crippen LogP) is 0.697. The van der Waals surface area contributed by atoms with Crippen molar-refractivity contribution in [2.75, 3.05) is 7.05 Å². The summed E-state index contributed by atoms with van der Waals surface area (Å²) in [5.41, 5.74) is 0.0342. The van der Waals surface area contributed by atoms with Gasteiger partial charge in [0.1, 0.15) is 0 Å². The summed E-state index contributed by atoms with van der Waals surface area (Å²) in [4.78, 5) is 11.4. The molecule has 1 aromatic carbocycles. The first-order chi connectivity index (χ1) is 6.45. The molecule has 5 nitrogen and oxygen atoms in total. The molecule has 0 bridgehead atoms. The van der Waals surface area contributed by atoms with E-state index in [2.05, 4.69) is 0 Å². The third-order valence-corrected chi connectivity index (χ3v) is 2.03. The number of hydrogen-bond acceptors (Lipinski definition) is 4. The lowest BCUT2D eigenvalue weighted by Crippen LogP contribution is -2.33. The van der Waals surface area contributed by atoms with Gasteiger partial charge in [-0.3, -0.25) is 9.80 Å². The van der Waals surface area contributed by atoms with E-state index in [1.165, 1.54) is 13.1 Å². The summed E-state index contributed by atoms with van der Waals surface area (Å²) < 4.78 is 0. The van der Waals surface area contributed by atoms with Crippen LogP contribution in [0, 0.1) is 0 Å². The maximum Gasteiger partial charge on any atom is 0.269 e. The van der Waals surface area contributed by atoms with Crippen LogP contribution in [0.1, 0.15) is 10.4 Å². The van der Waals surface area contributed by atoms with Gasteiger partial charge in [0.15, 0.2) is 11.5 Å². The summed E-state index contributed by atoms with van der Waals surface area (Å²) in [5, 5.41) is 18.9. The molecule has 14 heavy (non-hydrogen) atoms. The normalized spacial score (nSPS) is 9.93. The Morgan fingerprint density at radius 2 is 2.07 bits per heavy atom. The van der Waals surface area contributed by atoms with Crippen molar-refractivity contribution in [3.8, 4) is 11.5 Å². The van der Waals surface area contributed by atoms with Gasteiger partial charge in [0.05, 0.1) is 10.6 Å². The van der Waals surface area contributed by atoms with E-state index in [9.17, 15) is 9.90 Å². The van der Waals surface area contributed by atoms with Crippen molar-refractivity contribution in [3.63, 3.8) is 0 Å². The van der Waals surface area contributed by atoms with Gasteiger partial charge in [-0.25, -0.2) is 5.84 Å². The summed E-state index contributed by atoms with van der Waals surface area (Å²) in [6.07, 6.45) is 0. The first kappa shape index (κ1) is 10.6. The van der Waals surface area contributed by atoms with Crippen LogP contribution in [0.2, 0.25) is 5.02 Å². The largest absolute Gasteiger partial charge is 0.504 e. The molecule has 0 aromatic heterocycles. The number of benzene rings is 1. The highest BCUT2D eigenvalue weighted by Gasteiger charge is 2.17. The highest BCUT2D eigenvalue weighted by atomic mass is 35.5. The topological polar surface area (TPSA) is 86.8 Å². The predicted molar refractivity (Wildman–Crippen MR) is 51.1 cm³/mol. The molecular weight excluding hydrogens is 208 g/mol. The average Bonchev–Trinajstić information content (AvgIpc) is 2.13. The molecule has 1 amide bonds. The Bertz CT molecular complexity index is 379.